The lowest BCUT2D eigenvalue weighted by molar-refractivity contribution is -0.255. The summed E-state index contributed by atoms with van der Waals surface area (Å²) in [5.74, 6) is -2.94. The highest BCUT2D eigenvalue weighted by Gasteiger charge is 2.57. The number of halogens is 3. The molecule has 0 aromatic heterocycles. The van der Waals surface area contributed by atoms with Crippen LogP contribution in [0.4, 0.5) is 13.2 Å². The molecule has 1 aliphatic heterocycles. The van der Waals surface area contributed by atoms with Gasteiger partial charge in [-0.1, -0.05) is 0 Å². The molecule has 1 heterocycles. The molecule has 0 bridgehead atoms. The van der Waals surface area contributed by atoms with E-state index >= 15 is 0 Å². The van der Waals surface area contributed by atoms with Crippen LogP contribution >= 0.6 is 0 Å². The molecule has 0 saturated heterocycles. The van der Waals surface area contributed by atoms with Gasteiger partial charge in [-0.05, 0) is 6.08 Å². The largest absolute Gasteiger partial charge is 0.523 e. The van der Waals surface area contributed by atoms with Crippen molar-refractivity contribution in [3.05, 3.63) is 12.3 Å². The first-order valence-corrected chi connectivity index (χ1v) is 5.80. The van der Waals surface area contributed by atoms with Gasteiger partial charge in [-0.25, -0.2) is 4.18 Å². The lowest BCUT2D eigenvalue weighted by atomic mass is 10.0. The van der Waals surface area contributed by atoms with Crippen molar-refractivity contribution in [2.75, 3.05) is 6.61 Å². The van der Waals surface area contributed by atoms with Crippen molar-refractivity contribution < 1.29 is 45.8 Å². The van der Waals surface area contributed by atoms with Crippen molar-refractivity contribution in [1.82, 2.24) is 0 Å². The van der Waals surface area contributed by atoms with Gasteiger partial charge in [0.15, 0.2) is 6.10 Å². The number of aliphatic hydroxyl groups excluding tert-OH is 3. The van der Waals surface area contributed by atoms with Gasteiger partial charge < -0.3 is 20.1 Å². The van der Waals surface area contributed by atoms with Gasteiger partial charge in [-0.3, -0.25) is 0 Å². The molecule has 1 rings (SSSR count). The molecule has 0 aromatic carbocycles. The summed E-state index contributed by atoms with van der Waals surface area (Å²) in [6, 6.07) is 0. The molecular weight excluding hydrogens is 285 g/mol. The third-order valence-electron chi connectivity index (χ3n) is 2.07. The summed E-state index contributed by atoms with van der Waals surface area (Å²) in [4.78, 5) is 0. The van der Waals surface area contributed by atoms with Gasteiger partial charge in [0, 0.05) is 0 Å². The van der Waals surface area contributed by atoms with Crippen LogP contribution in [0.1, 0.15) is 0 Å². The van der Waals surface area contributed by atoms with Gasteiger partial charge in [0.05, 0.1) is 6.26 Å². The van der Waals surface area contributed by atoms with Crippen molar-refractivity contribution in [1.29, 1.82) is 0 Å². The Hall–Kier alpha value is -0.880. The van der Waals surface area contributed by atoms with Crippen molar-refractivity contribution in [3.8, 4) is 0 Å². The molecule has 1 aliphatic rings. The number of hydrogen-bond donors (Lipinski definition) is 3. The number of aliphatic hydroxyl groups is 3. The predicted octanol–water partition coefficient (Wildman–Crippen LogP) is -1.19. The zero-order valence-corrected chi connectivity index (χ0v) is 9.35. The molecule has 7 nitrogen and oxygen atoms in total. The first-order chi connectivity index (χ1) is 8.06. The van der Waals surface area contributed by atoms with Crippen LogP contribution < -0.4 is 0 Å². The number of alkyl halides is 3. The normalized spacial score (nSPS) is 33.2. The average Bonchev–Trinajstić information content (AvgIpc) is 2.23. The summed E-state index contributed by atoms with van der Waals surface area (Å²) in [5, 5.41) is 27.4. The van der Waals surface area contributed by atoms with Gasteiger partial charge >= 0.3 is 15.6 Å². The third-order valence-corrected chi connectivity index (χ3v) is 3.14. The van der Waals surface area contributed by atoms with E-state index in [0.717, 1.165) is 6.08 Å². The maximum atomic E-state index is 12.1. The first kappa shape index (κ1) is 15.2. The second-order valence-corrected chi connectivity index (χ2v) is 4.87. The fourth-order valence-corrected chi connectivity index (χ4v) is 1.79. The molecule has 3 atom stereocenters. The minimum atomic E-state index is -6.11. The fourth-order valence-electron chi connectivity index (χ4n) is 1.13. The molecule has 0 amide bonds. The standard InChI is InChI=1S/C7H9F3O7S/c8-7(9,10)18(14,15)17-6(3-11)5(13)4(12)1-2-16-6/h1-2,4-5,11-13H,3H2. The highest BCUT2D eigenvalue weighted by atomic mass is 32.2. The average molecular weight is 294 g/mol. The molecular formula is C7H9F3O7S. The number of ether oxygens (including phenoxy) is 1. The van der Waals surface area contributed by atoms with E-state index in [4.69, 9.17) is 10.2 Å². The lowest BCUT2D eigenvalue weighted by Gasteiger charge is -2.38. The van der Waals surface area contributed by atoms with E-state index in [2.05, 4.69) is 8.92 Å². The van der Waals surface area contributed by atoms with E-state index in [-0.39, 0.29) is 0 Å². The zero-order valence-electron chi connectivity index (χ0n) is 8.53. The minimum absolute atomic E-state index is 0.611. The zero-order chi connectivity index (χ0) is 14.2. The van der Waals surface area contributed by atoms with Gasteiger partial charge in [-0.2, -0.15) is 21.6 Å². The Kier molecular flexibility index (Phi) is 3.93. The van der Waals surface area contributed by atoms with Crippen LogP contribution in [-0.4, -0.2) is 53.8 Å². The van der Waals surface area contributed by atoms with E-state index in [1.165, 1.54) is 0 Å². The Morgan fingerprint density at radius 3 is 2.39 bits per heavy atom. The molecule has 106 valence electrons. The highest BCUT2D eigenvalue weighted by Crippen LogP contribution is 2.33. The second kappa shape index (κ2) is 4.66. The summed E-state index contributed by atoms with van der Waals surface area (Å²) in [7, 11) is -6.11. The van der Waals surface area contributed by atoms with Crippen LogP contribution in [0.15, 0.2) is 12.3 Å². The van der Waals surface area contributed by atoms with Crippen LogP contribution in [0, 0.1) is 0 Å². The van der Waals surface area contributed by atoms with Gasteiger partial charge in [0.2, 0.25) is 0 Å². The van der Waals surface area contributed by atoms with E-state index in [1.807, 2.05) is 0 Å². The van der Waals surface area contributed by atoms with Crippen LogP contribution in [-0.2, 0) is 19.0 Å². The summed E-state index contributed by atoms with van der Waals surface area (Å²) in [6.07, 6.45) is -2.53. The van der Waals surface area contributed by atoms with Crippen LogP contribution in [0.3, 0.4) is 0 Å². The Morgan fingerprint density at radius 1 is 1.39 bits per heavy atom. The Bertz CT molecular complexity index is 431. The molecule has 3 unspecified atom stereocenters. The van der Waals surface area contributed by atoms with Crippen molar-refractivity contribution in [3.63, 3.8) is 0 Å². The van der Waals surface area contributed by atoms with Gasteiger partial charge in [0.25, 0.3) is 5.79 Å². The monoisotopic (exact) mass is 294 g/mol. The molecule has 0 fully saturated rings. The Labute approximate surface area is 99.2 Å². The Morgan fingerprint density at radius 2 is 1.94 bits per heavy atom. The molecule has 0 saturated carbocycles. The summed E-state index contributed by atoms with van der Waals surface area (Å²) in [6.45, 7) is -1.43. The van der Waals surface area contributed by atoms with E-state index < -0.39 is 40.2 Å². The molecule has 18 heavy (non-hydrogen) atoms. The van der Waals surface area contributed by atoms with Gasteiger partial charge in [0.1, 0.15) is 12.7 Å². The molecule has 0 radical (unpaired) electrons. The fraction of sp³-hybridized carbons (Fsp3) is 0.714. The first-order valence-electron chi connectivity index (χ1n) is 4.39. The molecule has 11 heteroatoms. The smallest absolute Gasteiger partial charge is 0.464 e. The molecule has 0 aliphatic carbocycles. The molecule has 0 aromatic rings. The van der Waals surface area contributed by atoms with Crippen LogP contribution in [0.2, 0.25) is 0 Å². The predicted molar refractivity (Wildman–Crippen MR) is 48.1 cm³/mol. The third kappa shape index (κ3) is 2.59. The van der Waals surface area contributed by atoms with Crippen LogP contribution in [0.5, 0.6) is 0 Å². The molecule has 3 N–H and O–H groups in total. The summed E-state index contributed by atoms with van der Waals surface area (Å²) >= 11 is 0. The summed E-state index contributed by atoms with van der Waals surface area (Å²) in [5.41, 5.74) is -5.76. The van der Waals surface area contributed by atoms with Crippen molar-refractivity contribution in [2.45, 2.75) is 23.5 Å². The maximum absolute atomic E-state index is 12.1. The minimum Gasteiger partial charge on any atom is -0.464 e. The van der Waals surface area contributed by atoms with E-state index in [9.17, 15) is 26.7 Å². The highest BCUT2D eigenvalue weighted by molar-refractivity contribution is 7.87. The van der Waals surface area contributed by atoms with Crippen molar-refractivity contribution >= 4 is 10.1 Å². The Balaban J connectivity index is 3.09. The van der Waals surface area contributed by atoms with Crippen LogP contribution in [0.25, 0.3) is 0 Å². The van der Waals surface area contributed by atoms with Crippen molar-refractivity contribution in [2.24, 2.45) is 0 Å². The number of rotatable bonds is 3. The quantitative estimate of drug-likeness (QED) is 0.443. The van der Waals surface area contributed by atoms with Gasteiger partial charge in [-0.15, -0.1) is 0 Å². The topological polar surface area (TPSA) is 113 Å². The maximum Gasteiger partial charge on any atom is 0.523 e. The SMILES string of the molecule is O=S(=O)(OC1(CO)OC=CC(O)C1O)C(F)(F)F. The van der Waals surface area contributed by atoms with E-state index in [0.29, 0.717) is 6.26 Å². The number of hydrogen-bond acceptors (Lipinski definition) is 7. The summed E-state index contributed by atoms with van der Waals surface area (Å²) < 4.78 is 65.9. The second-order valence-electron chi connectivity index (χ2n) is 3.33. The molecule has 0 spiro atoms. The lowest BCUT2D eigenvalue weighted by Crippen LogP contribution is -2.58. The van der Waals surface area contributed by atoms with E-state index in [1.54, 1.807) is 0 Å².